The van der Waals surface area contributed by atoms with E-state index in [-0.39, 0.29) is 34.9 Å². The van der Waals surface area contributed by atoms with Crippen molar-refractivity contribution in [3.05, 3.63) is 29.8 Å². The highest BCUT2D eigenvalue weighted by Crippen LogP contribution is 2.36. The van der Waals surface area contributed by atoms with Crippen molar-refractivity contribution in [2.75, 3.05) is 6.61 Å². The van der Waals surface area contributed by atoms with Crippen LogP contribution in [-0.2, 0) is 0 Å². The van der Waals surface area contributed by atoms with Crippen LogP contribution in [0.3, 0.4) is 0 Å². The fourth-order valence-electron chi connectivity index (χ4n) is 1.35. The molecule has 0 radical (unpaired) electrons. The number of thioether (sulfide) groups is 1. The lowest BCUT2D eigenvalue weighted by atomic mass is 10.2. The molecule has 2 N–H and O–H groups in total. The Morgan fingerprint density at radius 3 is 2.37 bits per heavy atom. The lowest BCUT2D eigenvalue weighted by Crippen LogP contribution is -2.36. The number of aliphatic hydroxyl groups is 1. The maximum atomic E-state index is 12.1. The summed E-state index contributed by atoms with van der Waals surface area (Å²) in [7, 11) is 0. The molecule has 3 nitrogen and oxygen atoms in total. The molecule has 0 aliphatic rings. The van der Waals surface area contributed by atoms with Crippen molar-refractivity contribution in [1.82, 2.24) is 5.32 Å². The number of carbonyl (C=O) groups is 1. The summed E-state index contributed by atoms with van der Waals surface area (Å²) in [4.78, 5) is 11.7. The van der Waals surface area contributed by atoms with E-state index in [2.05, 4.69) is 5.32 Å². The SMILES string of the molecule is CC[C@@H](CO)NC(=O)c1ccc(SC(F)(F)F)cc1. The van der Waals surface area contributed by atoms with E-state index in [1.807, 2.05) is 6.92 Å². The van der Waals surface area contributed by atoms with Crippen molar-refractivity contribution in [2.24, 2.45) is 0 Å². The van der Waals surface area contributed by atoms with Gasteiger partial charge in [-0.25, -0.2) is 0 Å². The molecular weight excluding hydrogens is 279 g/mol. The smallest absolute Gasteiger partial charge is 0.394 e. The van der Waals surface area contributed by atoms with Crippen LogP contribution in [0.2, 0.25) is 0 Å². The third kappa shape index (κ3) is 5.52. The minimum absolute atomic E-state index is 0.0262. The van der Waals surface area contributed by atoms with Crippen LogP contribution in [0.5, 0.6) is 0 Å². The molecule has 1 amide bonds. The highest BCUT2D eigenvalue weighted by Gasteiger charge is 2.29. The molecule has 0 unspecified atom stereocenters. The fourth-order valence-corrected chi connectivity index (χ4v) is 1.89. The quantitative estimate of drug-likeness (QED) is 0.821. The minimum atomic E-state index is -4.34. The Morgan fingerprint density at radius 2 is 1.95 bits per heavy atom. The van der Waals surface area contributed by atoms with E-state index in [0.717, 1.165) is 0 Å². The zero-order valence-corrected chi connectivity index (χ0v) is 11.0. The van der Waals surface area contributed by atoms with Gasteiger partial charge in [0.05, 0.1) is 12.6 Å². The van der Waals surface area contributed by atoms with Crippen LogP contribution in [0, 0.1) is 0 Å². The number of hydrogen-bond acceptors (Lipinski definition) is 3. The second-order valence-corrected chi connectivity index (χ2v) is 4.97. The Bertz CT molecular complexity index is 416. The zero-order chi connectivity index (χ0) is 14.5. The molecule has 0 aromatic heterocycles. The Labute approximate surface area is 113 Å². The van der Waals surface area contributed by atoms with Crippen LogP contribution in [0.15, 0.2) is 29.2 Å². The van der Waals surface area contributed by atoms with Crippen LogP contribution in [0.4, 0.5) is 13.2 Å². The van der Waals surface area contributed by atoms with Gasteiger partial charge in [0.15, 0.2) is 0 Å². The summed E-state index contributed by atoms with van der Waals surface area (Å²) < 4.78 is 36.4. The summed E-state index contributed by atoms with van der Waals surface area (Å²) in [6.07, 6.45) is 0.574. The summed E-state index contributed by atoms with van der Waals surface area (Å²) >= 11 is -0.228. The van der Waals surface area contributed by atoms with Crippen molar-refractivity contribution >= 4 is 17.7 Å². The number of hydrogen-bond donors (Lipinski definition) is 2. The predicted octanol–water partition coefficient (Wildman–Crippen LogP) is 2.80. The first-order valence-corrected chi connectivity index (χ1v) is 6.45. The van der Waals surface area contributed by atoms with Gasteiger partial charge in [0.1, 0.15) is 0 Å². The minimum Gasteiger partial charge on any atom is -0.394 e. The number of benzene rings is 1. The van der Waals surface area contributed by atoms with Gasteiger partial charge >= 0.3 is 5.51 Å². The highest BCUT2D eigenvalue weighted by atomic mass is 32.2. The summed E-state index contributed by atoms with van der Waals surface area (Å²) in [5.74, 6) is -0.413. The Hall–Kier alpha value is -1.21. The van der Waals surface area contributed by atoms with Gasteiger partial charge in [-0.05, 0) is 42.4 Å². The van der Waals surface area contributed by atoms with Gasteiger partial charge in [0.2, 0.25) is 0 Å². The van der Waals surface area contributed by atoms with Crippen molar-refractivity contribution in [1.29, 1.82) is 0 Å². The largest absolute Gasteiger partial charge is 0.446 e. The van der Waals surface area contributed by atoms with Crippen molar-refractivity contribution in [3.8, 4) is 0 Å². The number of rotatable bonds is 5. The van der Waals surface area contributed by atoms with Gasteiger partial charge in [-0.3, -0.25) is 4.79 Å². The lowest BCUT2D eigenvalue weighted by Gasteiger charge is -2.14. The number of alkyl halides is 3. The van der Waals surface area contributed by atoms with Crippen LogP contribution in [0.1, 0.15) is 23.7 Å². The molecular formula is C12H14F3NO2S. The third-order valence-electron chi connectivity index (χ3n) is 2.40. The lowest BCUT2D eigenvalue weighted by molar-refractivity contribution is -0.0328. The maximum Gasteiger partial charge on any atom is 0.446 e. The molecule has 0 aliphatic carbocycles. The molecule has 0 heterocycles. The third-order valence-corrected chi connectivity index (χ3v) is 3.14. The van der Waals surface area contributed by atoms with Crippen molar-refractivity contribution in [3.63, 3.8) is 0 Å². The number of carbonyl (C=O) groups excluding carboxylic acids is 1. The average molecular weight is 293 g/mol. The molecule has 106 valence electrons. The van der Waals surface area contributed by atoms with Gasteiger partial charge in [-0.1, -0.05) is 6.92 Å². The van der Waals surface area contributed by atoms with Crippen molar-refractivity contribution in [2.45, 2.75) is 29.8 Å². The van der Waals surface area contributed by atoms with Gasteiger partial charge in [0, 0.05) is 10.5 Å². The number of halogens is 3. The van der Waals surface area contributed by atoms with E-state index in [4.69, 9.17) is 5.11 Å². The van der Waals surface area contributed by atoms with Crippen LogP contribution in [0.25, 0.3) is 0 Å². The molecule has 1 aromatic carbocycles. The molecule has 0 saturated heterocycles. The molecule has 0 saturated carbocycles. The Balaban J connectivity index is 2.68. The van der Waals surface area contributed by atoms with E-state index in [9.17, 15) is 18.0 Å². The predicted molar refractivity (Wildman–Crippen MR) is 67.0 cm³/mol. The molecule has 0 bridgehead atoms. The van der Waals surface area contributed by atoms with Gasteiger partial charge in [-0.15, -0.1) is 0 Å². The first-order valence-electron chi connectivity index (χ1n) is 5.63. The molecule has 1 rings (SSSR count). The number of nitrogens with one attached hydrogen (secondary N) is 1. The second kappa shape index (κ2) is 6.81. The first-order chi connectivity index (χ1) is 8.85. The average Bonchev–Trinajstić information content (AvgIpc) is 2.34. The highest BCUT2D eigenvalue weighted by molar-refractivity contribution is 8.00. The van der Waals surface area contributed by atoms with Crippen LogP contribution >= 0.6 is 11.8 Å². The van der Waals surface area contributed by atoms with E-state index in [1.54, 1.807) is 0 Å². The number of amides is 1. The van der Waals surface area contributed by atoms with E-state index >= 15 is 0 Å². The normalized spacial score (nSPS) is 13.1. The van der Waals surface area contributed by atoms with Gasteiger partial charge < -0.3 is 10.4 Å². The van der Waals surface area contributed by atoms with E-state index in [1.165, 1.54) is 24.3 Å². The van der Waals surface area contributed by atoms with E-state index in [0.29, 0.717) is 6.42 Å². The zero-order valence-electron chi connectivity index (χ0n) is 10.2. The van der Waals surface area contributed by atoms with Crippen molar-refractivity contribution < 1.29 is 23.1 Å². The topological polar surface area (TPSA) is 49.3 Å². The Kier molecular flexibility index (Phi) is 5.68. The van der Waals surface area contributed by atoms with Gasteiger partial charge in [-0.2, -0.15) is 13.2 Å². The standard InChI is InChI=1S/C12H14F3NO2S/c1-2-9(7-17)16-11(18)8-3-5-10(6-4-8)19-12(13,14)15/h3-6,9,17H,2,7H2,1H3,(H,16,18)/t9-/m0/s1. The summed E-state index contributed by atoms with van der Waals surface area (Å²) in [5.41, 5.74) is -4.08. The maximum absolute atomic E-state index is 12.1. The molecule has 0 aliphatic heterocycles. The molecule has 19 heavy (non-hydrogen) atoms. The van der Waals surface area contributed by atoms with E-state index < -0.39 is 11.4 Å². The van der Waals surface area contributed by atoms with Crippen LogP contribution < -0.4 is 5.32 Å². The monoisotopic (exact) mass is 293 g/mol. The number of aliphatic hydroxyl groups excluding tert-OH is 1. The first kappa shape index (κ1) is 15.8. The molecule has 1 aromatic rings. The molecule has 7 heteroatoms. The second-order valence-electron chi connectivity index (χ2n) is 3.83. The summed E-state index contributed by atoms with van der Waals surface area (Å²) in [6.45, 7) is 1.63. The van der Waals surface area contributed by atoms with Crippen LogP contribution in [-0.4, -0.2) is 29.2 Å². The Morgan fingerprint density at radius 1 is 1.37 bits per heavy atom. The molecule has 0 spiro atoms. The summed E-state index contributed by atoms with van der Waals surface area (Å²) in [5, 5.41) is 11.5. The fraction of sp³-hybridized carbons (Fsp3) is 0.417. The molecule has 0 fully saturated rings. The van der Waals surface area contributed by atoms with Gasteiger partial charge in [0.25, 0.3) is 5.91 Å². The molecule has 1 atom stereocenters. The summed E-state index contributed by atoms with van der Waals surface area (Å²) in [6, 6.07) is 4.79.